The van der Waals surface area contributed by atoms with Crippen LogP contribution in [0, 0.1) is 11.6 Å². The third-order valence-corrected chi connectivity index (χ3v) is 5.25. The third-order valence-electron chi connectivity index (χ3n) is 5.25. The standard InChI is InChI=1S/C26H19F2N3O3/c27-19-8-10-24(23(28)12-19)33-16-21-9-11-25(34-21)26(32)30-20-13-29-31(15-20)14-18-6-3-5-17-4-1-2-7-22(17)18/h1-13,15H,14,16H2,(H,30,32). The van der Waals surface area contributed by atoms with Crippen LogP contribution in [-0.2, 0) is 13.2 Å². The summed E-state index contributed by atoms with van der Waals surface area (Å²) in [5.41, 5.74) is 1.64. The van der Waals surface area contributed by atoms with Crippen molar-refractivity contribution in [1.29, 1.82) is 0 Å². The van der Waals surface area contributed by atoms with Crippen LogP contribution in [0.2, 0.25) is 0 Å². The predicted octanol–water partition coefficient (Wildman–Crippen LogP) is 5.79. The molecule has 1 N–H and O–H groups in total. The zero-order valence-corrected chi connectivity index (χ0v) is 17.9. The molecule has 5 aromatic rings. The number of furan rings is 1. The number of nitrogens with one attached hydrogen (secondary N) is 1. The molecule has 0 saturated carbocycles. The van der Waals surface area contributed by atoms with Crippen molar-refractivity contribution in [3.05, 3.63) is 114 Å². The Morgan fingerprint density at radius 1 is 1.03 bits per heavy atom. The zero-order valence-electron chi connectivity index (χ0n) is 17.9. The minimum absolute atomic E-state index is 0.0694. The number of rotatable bonds is 7. The van der Waals surface area contributed by atoms with Gasteiger partial charge in [0.2, 0.25) is 0 Å². The number of amides is 1. The maximum absolute atomic E-state index is 13.7. The quantitative estimate of drug-likeness (QED) is 0.335. The second-order valence-electron chi connectivity index (χ2n) is 7.65. The van der Waals surface area contributed by atoms with E-state index in [-0.39, 0.29) is 18.1 Å². The molecular weight excluding hydrogens is 440 g/mol. The number of carbonyl (C=O) groups excluding carboxylic acids is 1. The number of nitrogens with zero attached hydrogens (tertiary/aromatic N) is 2. The number of anilines is 1. The highest BCUT2D eigenvalue weighted by Gasteiger charge is 2.14. The highest BCUT2D eigenvalue weighted by atomic mass is 19.1. The number of halogens is 2. The maximum atomic E-state index is 13.7. The molecule has 0 bridgehead atoms. The van der Waals surface area contributed by atoms with Crippen molar-refractivity contribution in [3.8, 4) is 5.75 Å². The molecule has 0 radical (unpaired) electrons. The molecule has 0 saturated heterocycles. The summed E-state index contributed by atoms with van der Waals surface area (Å²) >= 11 is 0. The summed E-state index contributed by atoms with van der Waals surface area (Å²) in [4.78, 5) is 12.6. The first-order valence-corrected chi connectivity index (χ1v) is 10.5. The number of benzene rings is 3. The fourth-order valence-corrected chi connectivity index (χ4v) is 3.63. The molecule has 34 heavy (non-hydrogen) atoms. The highest BCUT2D eigenvalue weighted by molar-refractivity contribution is 6.02. The lowest BCUT2D eigenvalue weighted by Gasteiger charge is -2.06. The van der Waals surface area contributed by atoms with E-state index in [0.717, 1.165) is 28.5 Å². The second kappa shape index (κ2) is 9.19. The molecule has 170 valence electrons. The van der Waals surface area contributed by atoms with Gasteiger partial charge in [-0.1, -0.05) is 42.5 Å². The van der Waals surface area contributed by atoms with Crippen LogP contribution >= 0.6 is 0 Å². The van der Waals surface area contributed by atoms with Gasteiger partial charge in [0.25, 0.3) is 5.91 Å². The van der Waals surface area contributed by atoms with E-state index in [1.165, 1.54) is 12.1 Å². The van der Waals surface area contributed by atoms with E-state index < -0.39 is 17.5 Å². The van der Waals surface area contributed by atoms with Crippen molar-refractivity contribution in [2.75, 3.05) is 5.32 Å². The molecule has 0 spiro atoms. The van der Waals surface area contributed by atoms with E-state index >= 15 is 0 Å². The topological polar surface area (TPSA) is 69.3 Å². The molecule has 0 unspecified atom stereocenters. The van der Waals surface area contributed by atoms with Crippen molar-refractivity contribution < 1.29 is 22.7 Å². The Morgan fingerprint density at radius 2 is 1.88 bits per heavy atom. The Labute approximate surface area is 193 Å². The van der Waals surface area contributed by atoms with Crippen LogP contribution < -0.4 is 10.1 Å². The fraction of sp³-hybridized carbons (Fsp3) is 0.0769. The average Bonchev–Trinajstić information content (AvgIpc) is 3.48. The summed E-state index contributed by atoms with van der Waals surface area (Å²) in [5, 5.41) is 9.39. The van der Waals surface area contributed by atoms with Gasteiger partial charge in [0.1, 0.15) is 18.2 Å². The average molecular weight is 459 g/mol. The van der Waals surface area contributed by atoms with Gasteiger partial charge in [-0.2, -0.15) is 5.10 Å². The van der Waals surface area contributed by atoms with E-state index in [1.54, 1.807) is 23.1 Å². The summed E-state index contributed by atoms with van der Waals surface area (Å²) in [6.45, 7) is 0.443. The van der Waals surface area contributed by atoms with Crippen molar-refractivity contribution in [1.82, 2.24) is 9.78 Å². The van der Waals surface area contributed by atoms with Gasteiger partial charge in [-0.3, -0.25) is 9.48 Å². The van der Waals surface area contributed by atoms with Crippen molar-refractivity contribution in [2.24, 2.45) is 0 Å². The highest BCUT2D eigenvalue weighted by Crippen LogP contribution is 2.21. The molecule has 0 atom stereocenters. The number of ether oxygens (including phenoxy) is 1. The second-order valence-corrected chi connectivity index (χ2v) is 7.65. The van der Waals surface area contributed by atoms with Crippen molar-refractivity contribution in [3.63, 3.8) is 0 Å². The number of hydrogen-bond donors (Lipinski definition) is 1. The molecule has 2 aromatic heterocycles. The molecule has 3 aromatic carbocycles. The number of fused-ring (bicyclic) bond motifs is 1. The van der Waals surface area contributed by atoms with E-state index in [9.17, 15) is 13.6 Å². The number of carbonyl (C=O) groups is 1. The molecule has 8 heteroatoms. The summed E-state index contributed by atoms with van der Waals surface area (Å²) < 4.78 is 39.2. The Hall–Kier alpha value is -4.46. The summed E-state index contributed by atoms with van der Waals surface area (Å²) in [7, 11) is 0. The maximum Gasteiger partial charge on any atom is 0.291 e. The monoisotopic (exact) mass is 459 g/mol. The lowest BCUT2D eigenvalue weighted by molar-refractivity contribution is 0.0992. The summed E-state index contributed by atoms with van der Waals surface area (Å²) in [6.07, 6.45) is 3.30. The Balaban J connectivity index is 1.21. The molecule has 5 rings (SSSR count). The van der Waals surface area contributed by atoms with Crippen molar-refractivity contribution >= 4 is 22.4 Å². The smallest absolute Gasteiger partial charge is 0.291 e. The summed E-state index contributed by atoms with van der Waals surface area (Å²) in [6, 6.07) is 20.3. The van der Waals surface area contributed by atoms with Gasteiger partial charge in [-0.05, 0) is 40.6 Å². The zero-order chi connectivity index (χ0) is 23.5. The van der Waals surface area contributed by atoms with E-state index in [2.05, 4.69) is 28.6 Å². The van der Waals surface area contributed by atoms with Crippen LogP contribution in [0.3, 0.4) is 0 Å². The van der Waals surface area contributed by atoms with Crippen LogP contribution in [0.5, 0.6) is 5.75 Å². The normalized spacial score (nSPS) is 11.0. The van der Waals surface area contributed by atoms with E-state index in [0.29, 0.717) is 18.0 Å². The van der Waals surface area contributed by atoms with Gasteiger partial charge in [-0.25, -0.2) is 8.78 Å². The number of hydrogen-bond acceptors (Lipinski definition) is 4. The van der Waals surface area contributed by atoms with Crippen molar-refractivity contribution in [2.45, 2.75) is 13.2 Å². The Morgan fingerprint density at radius 3 is 2.76 bits per heavy atom. The minimum atomic E-state index is -0.815. The van der Waals surface area contributed by atoms with Gasteiger partial charge in [-0.15, -0.1) is 0 Å². The molecule has 6 nitrogen and oxygen atoms in total. The third kappa shape index (κ3) is 4.66. The Bertz CT molecular complexity index is 1470. The van der Waals surface area contributed by atoms with Crippen LogP contribution in [0.4, 0.5) is 14.5 Å². The van der Waals surface area contributed by atoms with Crippen LogP contribution in [0.25, 0.3) is 10.8 Å². The SMILES string of the molecule is O=C(Nc1cnn(Cc2cccc3ccccc23)c1)c1ccc(COc2ccc(F)cc2F)o1. The number of aromatic nitrogens is 2. The van der Waals surface area contributed by atoms with Gasteiger partial charge in [0.05, 0.1) is 18.4 Å². The molecule has 2 heterocycles. The van der Waals surface area contributed by atoms with E-state index in [1.807, 2.05) is 24.3 Å². The van der Waals surface area contributed by atoms with Gasteiger partial charge in [0.15, 0.2) is 17.3 Å². The molecule has 0 aliphatic carbocycles. The lowest BCUT2D eigenvalue weighted by Crippen LogP contribution is -2.10. The molecule has 0 fully saturated rings. The van der Waals surface area contributed by atoms with Gasteiger partial charge in [0, 0.05) is 12.3 Å². The molecule has 0 aliphatic heterocycles. The van der Waals surface area contributed by atoms with Crippen LogP contribution in [0.1, 0.15) is 21.9 Å². The largest absolute Gasteiger partial charge is 0.483 e. The van der Waals surface area contributed by atoms with Gasteiger partial charge >= 0.3 is 0 Å². The van der Waals surface area contributed by atoms with E-state index in [4.69, 9.17) is 9.15 Å². The van der Waals surface area contributed by atoms with Crippen LogP contribution in [-0.4, -0.2) is 15.7 Å². The van der Waals surface area contributed by atoms with Crippen LogP contribution in [0.15, 0.2) is 89.6 Å². The first-order valence-electron chi connectivity index (χ1n) is 10.5. The summed E-state index contributed by atoms with van der Waals surface area (Å²) in [5.74, 6) is -1.68. The minimum Gasteiger partial charge on any atom is -0.483 e. The first kappa shape index (κ1) is 21.4. The van der Waals surface area contributed by atoms with Gasteiger partial charge < -0.3 is 14.5 Å². The molecular formula is C26H19F2N3O3. The molecule has 0 aliphatic rings. The molecule has 1 amide bonds. The lowest BCUT2D eigenvalue weighted by atomic mass is 10.0. The first-order chi connectivity index (χ1) is 16.5. The predicted molar refractivity (Wildman–Crippen MR) is 123 cm³/mol. The fourth-order valence-electron chi connectivity index (χ4n) is 3.63. The Kier molecular flexibility index (Phi) is 5.78.